The number of carbonyl (C=O) groups is 1. The second-order valence-electron chi connectivity index (χ2n) is 9.45. The van der Waals surface area contributed by atoms with Gasteiger partial charge in [0, 0.05) is 11.6 Å². The molecule has 4 rings (SSSR count). The Morgan fingerprint density at radius 1 is 1.04 bits per heavy atom. The molecule has 1 saturated heterocycles. The van der Waals surface area contributed by atoms with Gasteiger partial charge in [-0.3, -0.25) is 0 Å². The number of esters is 1. The monoisotopic (exact) mass is 318 g/mol. The van der Waals surface area contributed by atoms with Crippen LogP contribution < -0.4 is 0 Å². The van der Waals surface area contributed by atoms with E-state index in [2.05, 4.69) is 27.7 Å². The minimum atomic E-state index is -0.422. The number of hydrogen-bond acceptors (Lipinski definition) is 3. The van der Waals surface area contributed by atoms with E-state index in [1.165, 1.54) is 25.7 Å². The lowest BCUT2D eigenvalue weighted by atomic mass is 9.45. The summed E-state index contributed by atoms with van der Waals surface area (Å²) in [4.78, 5) is 11.6. The second kappa shape index (κ2) is 4.84. The average Bonchev–Trinajstić information content (AvgIpc) is 2.69. The topological polar surface area (TPSA) is 35.5 Å². The van der Waals surface area contributed by atoms with Crippen LogP contribution in [0.5, 0.6) is 0 Å². The minimum Gasteiger partial charge on any atom is -0.428 e. The maximum Gasteiger partial charge on any atom is 0.333 e. The molecule has 0 aromatic rings. The number of ether oxygens (including phenoxy) is 2. The summed E-state index contributed by atoms with van der Waals surface area (Å²) < 4.78 is 11.9. The van der Waals surface area contributed by atoms with Gasteiger partial charge in [-0.1, -0.05) is 27.2 Å². The Hall–Kier alpha value is -0.830. The molecule has 5 unspecified atom stereocenters. The van der Waals surface area contributed by atoms with Gasteiger partial charge >= 0.3 is 5.97 Å². The van der Waals surface area contributed by atoms with Crippen molar-refractivity contribution < 1.29 is 14.3 Å². The zero-order chi connectivity index (χ0) is 16.5. The van der Waals surface area contributed by atoms with Crippen LogP contribution in [0.1, 0.15) is 72.6 Å². The first kappa shape index (κ1) is 15.7. The van der Waals surface area contributed by atoms with E-state index in [0.717, 1.165) is 30.8 Å². The van der Waals surface area contributed by atoms with Crippen molar-refractivity contribution in [2.45, 2.75) is 84.5 Å². The molecule has 2 heterocycles. The van der Waals surface area contributed by atoms with E-state index in [-0.39, 0.29) is 11.6 Å². The van der Waals surface area contributed by atoms with Crippen molar-refractivity contribution in [1.82, 2.24) is 0 Å². The molecule has 0 N–H and O–H groups in total. The lowest BCUT2D eigenvalue weighted by Crippen LogP contribution is -2.58. The predicted octanol–water partition coefficient (Wildman–Crippen LogP) is 4.61. The Bertz CT molecular complexity index is 563. The molecule has 2 saturated carbocycles. The van der Waals surface area contributed by atoms with Gasteiger partial charge in [0.2, 0.25) is 6.29 Å². The number of hydrogen-bond donors (Lipinski definition) is 0. The summed E-state index contributed by atoms with van der Waals surface area (Å²) in [7, 11) is 0. The van der Waals surface area contributed by atoms with Crippen molar-refractivity contribution in [1.29, 1.82) is 0 Å². The third-order valence-corrected chi connectivity index (χ3v) is 7.67. The fraction of sp³-hybridized carbons (Fsp3) is 0.850. The Labute approximate surface area is 139 Å². The summed E-state index contributed by atoms with van der Waals surface area (Å²) in [6, 6.07) is 0. The fourth-order valence-corrected chi connectivity index (χ4v) is 6.66. The van der Waals surface area contributed by atoms with Crippen LogP contribution in [-0.4, -0.2) is 17.9 Å². The average molecular weight is 318 g/mol. The molecule has 23 heavy (non-hydrogen) atoms. The highest BCUT2D eigenvalue weighted by Crippen LogP contribution is 2.64. The van der Waals surface area contributed by atoms with Crippen molar-refractivity contribution in [2.24, 2.45) is 22.7 Å². The largest absolute Gasteiger partial charge is 0.428 e. The smallest absolute Gasteiger partial charge is 0.333 e. The Kier molecular flexibility index (Phi) is 3.30. The van der Waals surface area contributed by atoms with Gasteiger partial charge in [-0.2, -0.15) is 0 Å². The Morgan fingerprint density at radius 3 is 2.61 bits per heavy atom. The van der Waals surface area contributed by atoms with E-state index in [0.29, 0.717) is 16.7 Å². The van der Waals surface area contributed by atoms with E-state index in [1.807, 2.05) is 0 Å². The molecule has 3 heteroatoms. The number of fused-ring (bicyclic) bond motifs is 4. The van der Waals surface area contributed by atoms with Gasteiger partial charge in [-0.25, -0.2) is 4.79 Å². The quantitative estimate of drug-likeness (QED) is 0.612. The molecule has 4 aliphatic rings. The molecule has 0 amide bonds. The molecule has 0 bridgehead atoms. The van der Waals surface area contributed by atoms with Crippen LogP contribution in [0.2, 0.25) is 0 Å². The van der Waals surface area contributed by atoms with E-state index >= 15 is 0 Å². The first-order valence-electron chi connectivity index (χ1n) is 9.34. The van der Waals surface area contributed by atoms with Gasteiger partial charge in [0.1, 0.15) is 0 Å². The van der Waals surface area contributed by atoms with Crippen LogP contribution in [0.3, 0.4) is 0 Å². The molecule has 128 valence electrons. The fourth-order valence-electron chi connectivity index (χ4n) is 6.66. The van der Waals surface area contributed by atoms with Crippen LogP contribution in [0.4, 0.5) is 0 Å². The van der Waals surface area contributed by atoms with Crippen molar-refractivity contribution in [3.05, 3.63) is 11.6 Å². The van der Waals surface area contributed by atoms with E-state index in [4.69, 9.17) is 9.47 Å². The highest BCUT2D eigenvalue weighted by Gasteiger charge is 2.60. The lowest BCUT2D eigenvalue weighted by molar-refractivity contribution is -0.237. The maximum absolute atomic E-state index is 11.6. The zero-order valence-corrected chi connectivity index (χ0v) is 15.0. The molecule has 2 aliphatic heterocycles. The van der Waals surface area contributed by atoms with Gasteiger partial charge in [-0.05, 0) is 68.1 Å². The molecule has 5 atom stereocenters. The van der Waals surface area contributed by atoms with Crippen LogP contribution in [-0.2, 0) is 14.3 Å². The molecule has 3 fully saturated rings. The number of carbonyl (C=O) groups excluding carboxylic acids is 1. The highest BCUT2D eigenvalue weighted by atomic mass is 16.7. The highest BCUT2D eigenvalue weighted by molar-refractivity contribution is 5.85. The van der Waals surface area contributed by atoms with Crippen molar-refractivity contribution >= 4 is 5.97 Å². The standard InChI is InChI=1S/C20H30O3/c1-18(2)9-5-10-19(3)14(18)8-11-20(4)15(19)7-6-13-12-16(21)22-17(13)23-20/h12,14-15,17H,5-11H2,1-4H3. The van der Waals surface area contributed by atoms with E-state index in [1.54, 1.807) is 6.08 Å². The minimum absolute atomic E-state index is 0.163. The van der Waals surface area contributed by atoms with Crippen molar-refractivity contribution in [3.63, 3.8) is 0 Å². The summed E-state index contributed by atoms with van der Waals surface area (Å²) in [6.45, 7) is 9.73. The molecular formula is C20H30O3. The molecule has 2 aliphatic carbocycles. The summed E-state index contributed by atoms with van der Waals surface area (Å²) in [6.07, 6.45) is 9.62. The first-order chi connectivity index (χ1) is 10.7. The summed E-state index contributed by atoms with van der Waals surface area (Å²) in [5, 5.41) is 0. The normalized spacial score (nSPS) is 48.4. The predicted molar refractivity (Wildman–Crippen MR) is 88.6 cm³/mol. The van der Waals surface area contributed by atoms with Gasteiger partial charge in [0.05, 0.1) is 5.60 Å². The summed E-state index contributed by atoms with van der Waals surface area (Å²) >= 11 is 0. The molecule has 0 aromatic carbocycles. The van der Waals surface area contributed by atoms with Crippen LogP contribution in [0.15, 0.2) is 11.6 Å². The SMILES string of the molecule is CC1(C)CCCC2(C)C1CCC1(C)OC3OC(=O)C=C3CCC12. The second-order valence-corrected chi connectivity index (χ2v) is 9.45. The summed E-state index contributed by atoms with van der Waals surface area (Å²) in [5.41, 5.74) is 1.67. The molecule has 0 spiro atoms. The summed E-state index contributed by atoms with van der Waals surface area (Å²) in [5.74, 6) is 1.10. The van der Waals surface area contributed by atoms with Crippen LogP contribution in [0, 0.1) is 22.7 Å². The third kappa shape index (κ3) is 2.22. The van der Waals surface area contributed by atoms with Gasteiger partial charge in [0.15, 0.2) is 0 Å². The molecule has 3 nitrogen and oxygen atoms in total. The van der Waals surface area contributed by atoms with Crippen LogP contribution in [0.25, 0.3) is 0 Å². The van der Waals surface area contributed by atoms with Crippen molar-refractivity contribution in [3.8, 4) is 0 Å². The molecule has 0 radical (unpaired) electrons. The van der Waals surface area contributed by atoms with Gasteiger partial charge < -0.3 is 9.47 Å². The Morgan fingerprint density at radius 2 is 1.83 bits per heavy atom. The first-order valence-corrected chi connectivity index (χ1v) is 9.34. The van der Waals surface area contributed by atoms with Crippen molar-refractivity contribution in [2.75, 3.05) is 0 Å². The third-order valence-electron chi connectivity index (χ3n) is 7.67. The maximum atomic E-state index is 11.6. The van der Waals surface area contributed by atoms with E-state index in [9.17, 15) is 4.79 Å². The lowest BCUT2D eigenvalue weighted by Gasteiger charge is -2.62. The van der Waals surface area contributed by atoms with E-state index < -0.39 is 6.29 Å². The Balaban J connectivity index is 1.70. The zero-order valence-electron chi connectivity index (χ0n) is 15.0. The van der Waals surface area contributed by atoms with Gasteiger partial charge in [-0.15, -0.1) is 0 Å². The molecule has 0 aromatic heterocycles. The van der Waals surface area contributed by atoms with Crippen LogP contribution >= 0.6 is 0 Å². The molecular weight excluding hydrogens is 288 g/mol. The number of rotatable bonds is 0. The van der Waals surface area contributed by atoms with Gasteiger partial charge in [0.25, 0.3) is 0 Å².